The average molecular weight is 569 g/mol. The Morgan fingerprint density at radius 3 is 2.60 bits per heavy atom. The molecule has 3 heterocycles. The number of fused-ring (bicyclic) bond motifs is 1. The van der Waals surface area contributed by atoms with E-state index in [1.165, 1.54) is 6.21 Å². The highest BCUT2D eigenvalue weighted by atomic mass is 16.2. The minimum Gasteiger partial charge on any atom is -0.401 e. The van der Waals surface area contributed by atoms with Gasteiger partial charge in [-0.25, -0.2) is 0 Å². The number of nitrogens with zero attached hydrogens (tertiary/aromatic N) is 3. The summed E-state index contributed by atoms with van der Waals surface area (Å²) in [7, 11) is 0. The van der Waals surface area contributed by atoms with Crippen molar-refractivity contribution in [2.45, 2.75) is 50.6 Å². The maximum Gasteiger partial charge on any atom is 0.262 e. The number of aliphatic imine (C=N–C) groups is 1. The van der Waals surface area contributed by atoms with E-state index < -0.39 is 29.7 Å². The Morgan fingerprint density at radius 2 is 1.88 bits per heavy atom. The van der Waals surface area contributed by atoms with Crippen molar-refractivity contribution >= 4 is 53.0 Å². The number of aromatic nitrogens is 1. The third-order valence-electron chi connectivity index (χ3n) is 8.41. The molecule has 2 saturated carbocycles. The van der Waals surface area contributed by atoms with Gasteiger partial charge in [0.2, 0.25) is 11.8 Å². The molecule has 2 aromatic rings. The van der Waals surface area contributed by atoms with Crippen molar-refractivity contribution in [3.63, 3.8) is 0 Å². The predicted molar refractivity (Wildman–Crippen MR) is 157 cm³/mol. The molecule has 4 amide bonds. The molecule has 0 unspecified atom stereocenters. The van der Waals surface area contributed by atoms with Crippen LogP contribution in [0.3, 0.4) is 0 Å². The smallest absolute Gasteiger partial charge is 0.262 e. The molecule has 1 aromatic heterocycles. The molecule has 42 heavy (non-hydrogen) atoms. The number of benzene rings is 1. The van der Waals surface area contributed by atoms with Crippen molar-refractivity contribution in [2.24, 2.45) is 22.6 Å². The summed E-state index contributed by atoms with van der Waals surface area (Å²) in [6.45, 7) is 0.672. The summed E-state index contributed by atoms with van der Waals surface area (Å²) in [6.07, 6.45) is 8.60. The number of amides is 4. The van der Waals surface area contributed by atoms with Gasteiger partial charge in [-0.1, -0.05) is 0 Å². The van der Waals surface area contributed by atoms with Crippen LogP contribution in [0.4, 0.5) is 11.4 Å². The fraction of sp³-hybridized carbons (Fsp3) is 0.367. The summed E-state index contributed by atoms with van der Waals surface area (Å²) in [5.41, 5.74) is 16.8. The third kappa shape index (κ3) is 5.04. The van der Waals surface area contributed by atoms with E-state index >= 15 is 0 Å². The van der Waals surface area contributed by atoms with Crippen LogP contribution < -0.4 is 22.1 Å². The van der Waals surface area contributed by atoms with Crippen LogP contribution >= 0.6 is 0 Å². The maximum absolute atomic E-state index is 13.1. The number of hydrogen-bond acceptors (Lipinski definition) is 10. The Bertz CT molecular complexity index is 1570. The van der Waals surface area contributed by atoms with Crippen LogP contribution in [0.5, 0.6) is 0 Å². The number of allylic oxidation sites excluding steroid dienone is 2. The molecule has 3 fully saturated rings. The number of nitrogen functional groups attached to an aromatic ring is 1. The molecular formula is C30H32N8O4. The lowest BCUT2D eigenvalue weighted by Crippen LogP contribution is -2.54. The van der Waals surface area contributed by atoms with Gasteiger partial charge in [0.25, 0.3) is 11.8 Å². The SMILES string of the molecule is N=Cc1c(N)ccnc1C(C=NC1CC(CNc2ccc3c(c2)C(=O)N([C@@H]2CCC(=O)NC2=O)C3=O)C1)=C(N)C1CC1. The second-order valence-corrected chi connectivity index (χ2v) is 11.3. The molecule has 12 nitrogen and oxygen atoms in total. The number of piperidine rings is 1. The molecule has 7 N–H and O–H groups in total. The van der Waals surface area contributed by atoms with Gasteiger partial charge in [-0.05, 0) is 68.2 Å². The molecule has 216 valence electrons. The Kier molecular flexibility index (Phi) is 7.05. The third-order valence-corrected chi connectivity index (χ3v) is 8.41. The van der Waals surface area contributed by atoms with Gasteiger partial charge < -0.3 is 22.2 Å². The van der Waals surface area contributed by atoms with E-state index in [4.69, 9.17) is 21.9 Å². The normalized spacial score (nSPS) is 24.3. The van der Waals surface area contributed by atoms with Crippen LogP contribution in [-0.2, 0) is 9.59 Å². The number of nitrogens with one attached hydrogen (secondary N) is 3. The number of nitrogens with two attached hydrogens (primary N) is 2. The summed E-state index contributed by atoms with van der Waals surface area (Å²) in [5.74, 6) is -1.41. The molecule has 6 rings (SSSR count). The average Bonchev–Trinajstić information content (AvgIpc) is 3.77. The first-order valence-electron chi connectivity index (χ1n) is 14.1. The van der Waals surface area contributed by atoms with E-state index in [0.717, 1.165) is 41.9 Å². The first-order valence-corrected chi connectivity index (χ1v) is 14.1. The van der Waals surface area contributed by atoms with Crippen LogP contribution in [-0.4, -0.2) is 64.6 Å². The van der Waals surface area contributed by atoms with E-state index in [0.29, 0.717) is 41.0 Å². The molecule has 0 spiro atoms. The number of anilines is 2. The highest BCUT2D eigenvalue weighted by molar-refractivity contribution is 6.23. The van der Waals surface area contributed by atoms with E-state index in [1.807, 2.05) is 0 Å². The summed E-state index contributed by atoms with van der Waals surface area (Å²) >= 11 is 0. The quantitative estimate of drug-likeness (QED) is 0.224. The molecule has 2 aliphatic carbocycles. The largest absolute Gasteiger partial charge is 0.401 e. The first kappa shape index (κ1) is 27.3. The lowest BCUT2D eigenvalue weighted by atomic mass is 9.80. The Labute approximate surface area is 242 Å². The van der Waals surface area contributed by atoms with Gasteiger partial charge in [0.15, 0.2) is 0 Å². The fourth-order valence-corrected chi connectivity index (χ4v) is 5.75. The van der Waals surface area contributed by atoms with Crippen LogP contribution in [0.15, 0.2) is 41.2 Å². The zero-order chi connectivity index (χ0) is 29.5. The van der Waals surface area contributed by atoms with Gasteiger partial charge in [0, 0.05) is 59.8 Å². The highest BCUT2D eigenvalue weighted by Crippen LogP contribution is 2.38. The summed E-state index contributed by atoms with van der Waals surface area (Å²) in [6, 6.07) is 5.81. The van der Waals surface area contributed by atoms with Crippen molar-refractivity contribution in [2.75, 3.05) is 17.6 Å². The molecule has 0 radical (unpaired) electrons. The molecule has 0 bridgehead atoms. The van der Waals surface area contributed by atoms with E-state index in [-0.39, 0.29) is 30.0 Å². The fourth-order valence-electron chi connectivity index (χ4n) is 5.75. The molecular weight excluding hydrogens is 536 g/mol. The number of carbonyl (C=O) groups is 4. The zero-order valence-electron chi connectivity index (χ0n) is 22.9. The van der Waals surface area contributed by atoms with Crippen LogP contribution in [0.25, 0.3) is 5.57 Å². The Balaban J connectivity index is 1.07. The summed E-state index contributed by atoms with van der Waals surface area (Å²) in [4.78, 5) is 60.0. The second kappa shape index (κ2) is 10.8. The van der Waals surface area contributed by atoms with Crippen LogP contribution in [0.2, 0.25) is 0 Å². The predicted octanol–water partition coefficient (Wildman–Crippen LogP) is 2.10. The molecule has 1 atom stereocenters. The highest BCUT2D eigenvalue weighted by Gasteiger charge is 2.44. The molecule has 4 aliphatic rings. The summed E-state index contributed by atoms with van der Waals surface area (Å²) < 4.78 is 0. The van der Waals surface area contributed by atoms with Crippen molar-refractivity contribution in [3.8, 4) is 0 Å². The molecule has 1 aromatic carbocycles. The van der Waals surface area contributed by atoms with Crippen LogP contribution in [0, 0.1) is 17.2 Å². The zero-order valence-corrected chi connectivity index (χ0v) is 22.9. The molecule has 12 heteroatoms. The van der Waals surface area contributed by atoms with Crippen molar-refractivity contribution in [1.82, 2.24) is 15.2 Å². The lowest BCUT2D eigenvalue weighted by molar-refractivity contribution is -0.136. The minimum absolute atomic E-state index is 0.0805. The number of pyridine rings is 1. The van der Waals surface area contributed by atoms with Gasteiger partial charge in [-0.3, -0.25) is 39.4 Å². The van der Waals surface area contributed by atoms with E-state index in [2.05, 4.69) is 15.6 Å². The van der Waals surface area contributed by atoms with Crippen molar-refractivity contribution < 1.29 is 19.2 Å². The maximum atomic E-state index is 13.1. The first-order chi connectivity index (χ1) is 20.2. The number of imide groups is 2. The van der Waals surface area contributed by atoms with Gasteiger partial charge in [-0.2, -0.15) is 0 Å². The standard InChI is InChI=1S/C30H32N8O4/c31-12-21-23(32)7-8-34-27(21)22(26(33)16-1-2-16)14-36-18-9-15(10-18)13-35-17-3-4-19-20(11-17)30(42)38(29(19)41)24-5-6-25(39)37-28(24)40/h3-4,7-8,11-12,14-16,18,24,31,35H,1-2,5-6,9-10,13,33H2,(H2,32,34)(H,37,39,40)/t15?,18?,24-/m1/s1. The van der Waals surface area contributed by atoms with E-state index in [1.54, 1.807) is 36.7 Å². The number of rotatable bonds is 9. The van der Waals surface area contributed by atoms with E-state index in [9.17, 15) is 19.2 Å². The lowest BCUT2D eigenvalue weighted by Gasteiger charge is -2.33. The number of carbonyl (C=O) groups excluding carboxylic acids is 4. The van der Waals surface area contributed by atoms with Crippen molar-refractivity contribution in [3.05, 3.63) is 58.5 Å². The topological polar surface area (TPSA) is 197 Å². The van der Waals surface area contributed by atoms with Crippen molar-refractivity contribution in [1.29, 1.82) is 5.41 Å². The Hall–Kier alpha value is -4.87. The monoisotopic (exact) mass is 568 g/mol. The van der Waals surface area contributed by atoms with Gasteiger partial charge in [-0.15, -0.1) is 0 Å². The Morgan fingerprint density at radius 1 is 1.12 bits per heavy atom. The minimum atomic E-state index is -0.985. The van der Waals surface area contributed by atoms with Gasteiger partial charge in [0.1, 0.15) is 6.04 Å². The van der Waals surface area contributed by atoms with Crippen LogP contribution in [0.1, 0.15) is 70.5 Å². The summed E-state index contributed by atoms with van der Waals surface area (Å²) in [5, 5.41) is 13.4. The molecule has 1 saturated heterocycles. The molecule has 2 aliphatic heterocycles. The number of hydrogen-bond donors (Lipinski definition) is 5. The second-order valence-electron chi connectivity index (χ2n) is 11.3. The van der Waals surface area contributed by atoms with Gasteiger partial charge in [0.05, 0.1) is 22.9 Å². The van der Waals surface area contributed by atoms with Gasteiger partial charge >= 0.3 is 0 Å².